The maximum absolute atomic E-state index is 13.0. The van der Waals surface area contributed by atoms with Gasteiger partial charge in [0.2, 0.25) is 5.91 Å². The zero-order chi connectivity index (χ0) is 20.2. The Hall–Kier alpha value is -2.54. The number of nitrogens with zero attached hydrogens (tertiary/aromatic N) is 5. The van der Waals surface area contributed by atoms with E-state index in [1.165, 1.54) is 5.56 Å². The van der Waals surface area contributed by atoms with Crippen molar-refractivity contribution in [1.82, 2.24) is 25.2 Å². The van der Waals surface area contributed by atoms with Crippen LogP contribution in [-0.4, -0.2) is 58.5 Å². The predicted molar refractivity (Wildman–Crippen MR) is 114 cm³/mol. The Bertz CT molecular complexity index is 852. The Balaban J connectivity index is 1.67. The SMILES string of the molecule is CCN(CC)C(=O)C1CCCN(c2nc(-c3ccncc3)nc3c2CCNC3)C1. The Morgan fingerprint density at radius 3 is 2.79 bits per heavy atom. The molecule has 1 saturated heterocycles. The summed E-state index contributed by atoms with van der Waals surface area (Å²) < 4.78 is 0. The van der Waals surface area contributed by atoms with Crippen molar-refractivity contribution >= 4 is 11.7 Å². The van der Waals surface area contributed by atoms with E-state index in [9.17, 15) is 4.79 Å². The van der Waals surface area contributed by atoms with Crippen molar-refractivity contribution in [3.8, 4) is 11.4 Å². The average molecular weight is 395 g/mol. The minimum absolute atomic E-state index is 0.0420. The summed E-state index contributed by atoms with van der Waals surface area (Å²) >= 11 is 0. The van der Waals surface area contributed by atoms with E-state index in [4.69, 9.17) is 9.97 Å². The van der Waals surface area contributed by atoms with Crippen LogP contribution < -0.4 is 10.2 Å². The second-order valence-corrected chi connectivity index (χ2v) is 7.75. The summed E-state index contributed by atoms with van der Waals surface area (Å²) in [7, 11) is 0. The molecule has 1 atom stereocenters. The lowest BCUT2D eigenvalue weighted by atomic mass is 9.95. The summed E-state index contributed by atoms with van der Waals surface area (Å²) in [6.07, 6.45) is 6.44. The predicted octanol–water partition coefficient (Wildman–Crippen LogP) is 2.27. The molecule has 4 rings (SSSR count). The van der Waals surface area contributed by atoms with Crippen molar-refractivity contribution in [3.05, 3.63) is 35.8 Å². The fourth-order valence-corrected chi connectivity index (χ4v) is 4.40. The molecule has 7 heteroatoms. The molecule has 7 nitrogen and oxygen atoms in total. The largest absolute Gasteiger partial charge is 0.355 e. The molecule has 0 radical (unpaired) electrons. The lowest BCUT2D eigenvalue weighted by Crippen LogP contribution is -2.45. The number of pyridine rings is 1. The van der Waals surface area contributed by atoms with Crippen molar-refractivity contribution in [2.24, 2.45) is 5.92 Å². The van der Waals surface area contributed by atoms with Gasteiger partial charge in [-0.25, -0.2) is 9.97 Å². The topological polar surface area (TPSA) is 74.2 Å². The molecule has 0 bridgehead atoms. The van der Waals surface area contributed by atoms with Crippen LogP contribution in [-0.2, 0) is 17.8 Å². The fraction of sp³-hybridized carbons (Fsp3) is 0.545. The number of rotatable bonds is 5. The van der Waals surface area contributed by atoms with Crippen molar-refractivity contribution in [2.45, 2.75) is 39.7 Å². The number of piperidine rings is 1. The molecule has 2 aliphatic heterocycles. The van der Waals surface area contributed by atoms with Gasteiger partial charge in [0.05, 0.1) is 11.6 Å². The number of amides is 1. The van der Waals surface area contributed by atoms with Gasteiger partial charge in [-0.2, -0.15) is 0 Å². The van der Waals surface area contributed by atoms with Crippen LogP contribution >= 0.6 is 0 Å². The first-order chi connectivity index (χ1) is 14.2. The van der Waals surface area contributed by atoms with Crippen LogP contribution in [0.1, 0.15) is 37.9 Å². The van der Waals surface area contributed by atoms with Gasteiger partial charge in [0.1, 0.15) is 5.82 Å². The van der Waals surface area contributed by atoms with Crippen molar-refractivity contribution in [2.75, 3.05) is 37.6 Å². The standard InChI is InChI=1S/C22H30N6O/c1-3-27(4-2)22(29)17-6-5-13-28(15-17)21-18-9-12-24-14-19(18)25-20(26-21)16-7-10-23-11-8-16/h7-8,10-11,17,24H,3-6,9,12-15H2,1-2H3. The Morgan fingerprint density at radius 2 is 2.03 bits per heavy atom. The molecule has 0 spiro atoms. The van der Waals surface area contributed by atoms with Crippen molar-refractivity contribution < 1.29 is 4.79 Å². The lowest BCUT2D eigenvalue weighted by molar-refractivity contribution is -0.135. The third kappa shape index (κ3) is 4.10. The van der Waals surface area contributed by atoms with E-state index < -0.39 is 0 Å². The fourth-order valence-electron chi connectivity index (χ4n) is 4.40. The second-order valence-electron chi connectivity index (χ2n) is 7.75. The zero-order valence-electron chi connectivity index (χ0n) is 17.4. The van der Waals surface area contributed by atoms with Crippen LogP contribution in [0.2, 0.25) is 0 Å². The van der Waals surface area contributed by atoms with E-state index in [0.717, 1.165) is 81.4 Å². The monoisotopic (exact) mass is 394 g/mol. The van der Waals surface area contributed by atoms with Gasteiger partial charge in [-0.15, -0.1) is 0 Å². The number of carbonyl (C=O) groups is 1. The number of aromatic nitrogens is 3. The Labute approximate surface area is 172 Å². The van der Waals surface area contributed by atoms with Crippen LogP contribution in [0.25, 0.3) is 11.4 Å². The van der Waals surface area contributed by atoms with Crippen LogP contribution in [0.15, 0.2) is 24.5 Å². The van der Waals surface area contributed by atoms with Crippen LogP contribution in [0.4, 0.5) is 5.82 Å². The molecule has 1 N–H and O–H groups in total. The number of carbonyl (C=O) groups excluding carboxylic acids is 1. The van der Waals surface area contributed by atoms with Crippen molar-refractivity contribution in [3.63, 3.8) is 0 Å². The number of fused-ring (bicyclic) bond motifs is 1. The first-order valence-corrected chi connectivity index (χ1v) is 10.8. The first kappa shape index (κ1) is 19.8. The Kier molecular flexibility index (Phi) is 6.04. The second kappa shape index (κ2) is 8.86. The quantitative estimate of drug-likeness (QED) is 0.839. The number of anilines is 1. The lowest BCUT2D eigenvalue weighted by Gasteiger charge is -2.37. The summed E-state index contributed by atoms with van der Waals surface area (Å²) in [4.78, 5) is 31.2. The Morgan fingerprint density at radius 1 is 1.24 bits per heavy atom. The van der Waals surface area contributed by atoms with E-state index in [1.807, 2.05) is 17.0 Å². The highest BCUT2D eigenvalue weighted by atomic mass is 16.2. The molecule has 2 aromatic rings. The number of hydrogen-bond donors (Lipinski definition) is 1. The molecule has 2 aromatic heterocycles. The van der Waals surface area contributed by atoms with Crippen LogP contribution in [0.3, 0.4) is 0 Å². The van der Waals surface area contributed by atoms with E-state index in [-0.39, 0.29) is 11.8 Å². The zero-order valence-corrected chi connectivity index (χ0v) is 17.4. The molecule has 1 amide bonds. The first-order valence-electron chi connectivity index (χ1n) is 10.8. The minimum Gasteiger partial charge on any atom is -0.355 e. The molecule has 154 valence electrons. The summed E-state index contributed by atoms with van der Waals surface area (Å²) in [5.74, 6) is 2.07. The number of hydrogen-bond acceptors (Lipinski definition) is 6. The molecule has 1 fully saturated rings. The maximum atomic E-state index is 13.0. The van der Waals surface area contributed by atoms with Gasteiger partial charge in [-0.05, 0) is 51.8 Å². The van der Waals surface area contributed by atoms with E-state index in [1.54, 1.807) is 12.4 Å². The van der Waals surface area contributed by atoms with E-state index >= 15 is 0 Å². The van der Waals surface area contributed by atoms with Gasteiger partial charge in [-0.1, -0.05) is 0 Å². The summed E-state index contributed by atoms with van der Waals surface area (Å²) in [6, 6.07) is 3.90. The van der Waals surface area contributed by atoms with Gasteiger partial charge in [0.25, 0.3) is 0 Å². The molecule has 29 heavy (non-hydrogen) atoms. The highest BCUT2D eigenvalue weighted by Crippen LogP contribution is 2.31. The maximum Gasteiger partial charge on any atom is 0.227 e. The minimum atomic E-state index is 0.0420. The molecule has 0 aliphatic carbocycles. The van der Waals surface area contributed by atoms with Gasteiger partial charge in [0, 0.05) is 56.2 Å². The third-order valence-electron chi connectivity index (χ3n) is 6.00. The highest BCUT2D eigenvalue weighted by Gasteiger charge is 2.31. The molecule has 2 aliphatic rings. The summed E-state index contributed by atoms with van der Waals surface area (Å²) in [5.41, 5.74) is 3.28. The molecular weight excluding hydrogens is 364 g/mol. The number of nitrogens with one attached hydrogen (secondary N) is 1. The van der Waals surface area contributed by atoms with E-state index in [0.29, 0.717) is 0 Å². The summed E-state index contributed by atoms with van der Waals surface area (Å²) in [5, 5.41) is 3.42. The third-order valence-corrected chi connectivity index (χ3v) is 6.00. The van der Waals surface area contributed by atoms with E-state index in [2.05, 4.69) is 29.0 Å². The molecular formula is C22H30N6O. The highest BCUT2D eigenvalue weighted by molar-refractivity contribution is 5.80. The van der Waals surface area contributed by atoms with Crippen LogP contribution in [0.5, 0.6) is 0 Å². The van der Waals surface area contributed by atoms with Gasteiger partial charge in [0.15, 0.2) is 5.82 Å². The smallest absolute Gasteiger partial charge is 0.227 e. The van der Waals surface area contributed by atoms with Gasteiger partial charge < -0.3 is 15.1 Å². The molecule has 4 heterocycles. The molecule has 1 unspecified atom stereocenters. The molecule has 0 saturated carbocycles. The van der Waals surface area contributed by atoms with Crippen molar-refractivity contribution in [1.29, 1.82) is 0 Å². The summed E-state index contributed by atoms with van der Waals surface area (Å²) in [6.45, 7) is 9.02. The normalized spacial score (nSPS) is 19.0. The van der Waals surface area contributed by atoms with Gasteiger partial charge in [-0.3, -0.25) is 9.78 Å². The van der Waals surface area contributed by atoms with Gasteiger partial charge >= 0.3 is 0 Å². The van der Waals surface area contributed by atoms with Crippen LogP contribution in [0, 0.1) is 5.92 Å². The average Bonchev–Trinajstić information content (AvgIpc) is 2.79. The molecule has 0 aromatic carbocycles.